The van der Waals surface area contributed by atoms with E-state index in [-0.39, 0.29) is 26.9 Å². The average Bonchev–Trinajstić information content (AvgIpc) is 2.89. The maximum absolute atomic E-state index is 12.8. The molecule has 2 N–H and O–H groups in total. The molecule has 6 nitrogen and oxygen atoms in total. The van der Waals surface area contributed by atoms with E-state index in [1.54, 1.807) is 6.07 Å². The van der Waals surface area contributed by atoms with Gasteiger partial charge in [0.15, 0.2) is 11.4 Å². The summed E-state index contributed by atoms with van der Waals surface area (Å²) in [5, 5.41) is 13.8. The van der Waals surface area contributed by atoms with Gasteiger partial charge in [0, 0.05) is 22.2 Å². The summed E-state index contributed by atoms with van der Waals surface area (Å²) in [5.41, 5.74) is -1.58. The summed E-state index contributed by atoms with van der Waals surface area (Å²) in [4.78, 5) is 25.2. The average molecular weight is 396 g/mol. The van der Waals surface area contributed by atoms with Crippen molar-refractivity contribution in [2.45, 2.75) is 12.0 Å². The predicted octanol–water partition coefficient (Wildman–Crippen LogP) is 3.42. The minimum Gasteiger partial charge on any atom is -0.497 e. The van der Waals surface area contributed by atoms with Crippen LogP contribution in [-0.2, 0) is 10.4 Å². The second-order valence-electron chi connectivity index (χ2n) is 5.79. The molecule has 1 heterocycles. The van der Waals surface area contributed by atoms with Gasteiger partial charge >= 0.3 is 0 Å². The summed E-state index contributed by atoms with van der Waals surface area (Å²) in [5.74, 6) is -0.413. The largest absolute Gasteiger partial charge is 0.497 e. The fourth-order valence-electron chi connectivity index (χ4n) is 2.88. The highest BCUT2D eigenvalue weighted by Gasteiger charge is 2.49. The lowest BCUT2D eigenvalue weighted by atomic mass is 9.88. The highest BCUT2D eigenvalue weighted by atomic mass is 35.5. The normalized spacial score (nSPS) is 18.3. The molecule has 2 aromatic rings. The monoisotopic (exact) mass is 395 g/mol. The van der Waals surface area contributed by atoms with Crippen LogP contribution in [0.4, 0.5) is 5.69 Å². The smallest absolute Gasteiger partial charge is 0.261 e. The molecule has 0 radical (unpaired) electrons. The van der Waals surface area contributed by atoms with Gasteiger partial charge in [0.1, 0.15) is 11.5 Å². The molecule has 1 atom stereocenters. The summed E-state index contributed by atoms with van der Waals surface area (Å²) in [7, 11) is 2.91. The zero-order chi connectivity index (χ0) is 19.1. The number of benzene rings is 2. The van der Waals surface area contributed by atoms with Crippen LogP contribution in [0.25, 0.3) is 0 Å². The van der Waals surface area contributed by atoms with Gasteiger partial charge in [-0.25, -0.2) is 0 Å². The third kappa shape index (κ3) is 3.00. The number of carbonyl (C=O) groups excluding carboxylic acids is 2. The number of Topliss-reactive ketones (excluding diaryl/α,β-unsaturated/α-hetero) is 1. The van der Waals surface area contributed by atoms with Gasteiger partial charge in [-0.15, -0.1) is 0 Å². The Labute approximate surface area is 159 Å². The van der Waals surface area contributed by atoms with Crippen molar-refractivity contribution in [3.63, 3.8) is 0 Å². The molecule has 0 fully saturated rings. The first-order chi connectivity index (χ1) is 12.3. The van der Waals surface area contributed by atoms with E-state index in [0.717, 1.165) is 0 Å². The lowest BCUT2D eigenvalue weighted by Crippen LogP contribution is -2.36. The molecule has 0 aliphatic carbocycles. The Bertz CT molecular complexity index is 892. The summed E-state index contributed by atoms with van der Waals surface area (Å²) in [6, 6.07) is 7.58. The third-order valence-electron chi connectivity index (χ3n) is 4.22. The Kier molecular flexibility index (Phi) is 4.84. The molecule has 1 unspecified atom stereocenters. The third-order valence-corrected chi connectivity index (χ3v) is 4.85. The quantitative estimate of drug-likeness (QED) is 0.757. The van der Waals surface area contributed by atoms with Crippen LogP contribution >= 0.6 is 23.2 Å². The van der Waals surface area contributed by atoms with E-state index in [1.165, 1.54) is 38.5 Å². The van der Waals surface area contributed by atoms with Crippen molar-refractivity contribution >= 4 is 40.6 Å². The number of rotatable bonds is 5. The molecule has 8 heteroatoms. The molecule has 0 spiro atoms. The minimum absolute atomic E-state index is 0.0971. The van der Waals surface area contributed by atoms with E-state index in [2.05, 4.69) is 5.32 Å². The summed E-state index contributed by atoms with van der Waals surface area (Å²) in [6.45, 7) is 0. The number of methoxy groups -OCH3 is 2. The molecule has 136 valence electrons. The first kappa shape index (κ1) is 18.5. The van der Waals surface area contributed by atoms with Crippen LogP contribution in [-0.4, -0.2) is 31.0 Å². The molecule has 0 saturated carbocycles. The Hall–Kier alpha value is -2.28. The van der Waals surface area contributed by atoms with E-state index in [1.807, 2.05) is 0 Å². The lowest BCUT2D eigenvalue weighted by Gasteiger charge is -2.21. The maximum atomic E-state index is 12.8. The number of carbonyl (C=O) groups is 2. The molecular formula is C18H15Cl2NO5. The van der Waals surface area contributed by atoms with Gasteiger partial charge in [-0.05, 0) is 24.3 Å². The zero-order valence-electron chi connectivity index (χ0n) is 13.9. The van der Waals surface area contributed by atoms with Gasteiger partial charge in [-0.2, -0.15) is 0 Å². The van der Waals surface area contributed by atoms with E-state index < -0.39 is 23.7 Å². The first-order valence-electron chi connectivity index (χ1n) is 7.58. The van der Waals surface area contributed by atoms with Crippen molar-refractivity contribution in [2.75, 3.05) is 19.5 Å². The van der Waals surface area contributed by atoms with Gasteiger partial charge in [0.05, 0.1) is 31.4 Å². The Balaban J connectivity index is 2.01. The van der Waals surface area contributed by atoms with Gasteiger partial charge in [-0.1, -0.05) is 23.2 Å². The van der Waals surface area contributed by atoms with Crippen molar-refractivity contribution in [1.29, 1.82) is 0 Å². The maximum Gasteiger partial charge on any atom is 0.261 e. The van der Waals surface area contributed by atoms with Gasteiger partial charge in [0.2, 0.25) is 0 Å². The van der Waals surface area contributed by atoms with E-state index >= 15 is 0 Å². The Morgan fingerprint density at radius 3 is 2.27 bits per heavy atom. The van der Waals surface area contributed by atoms with Gasteiger partial charge in [0.25, 0.3) is 5.91 Å². The zero-order valence-corrected chi connectivity index (χ0v) is 15.4. The Morgan fingerprint density at radius 1 is 1.12 bits per heavy atom. The molecule has 2 aromatic carbocycles. The number of aliphatic hydroxyl groups is 1. The van der Waals surface area contributed by atoms with Crippen molar-refractivity contribution in [3.05, 3.63) is 51.5 Å². The van der Waals surface area contributed by atoms with Gasteiger partial charge in [-0.3, -0.25) is 9.59 Å². The second kappa shape index (κ2) is 6.79. The molecule has 1 amide bonds. The van der Waals surface area contributed by atoms with Crippen molar-refractivity contribution < 1.29 is 24.2 Å². The fraction of sp³-hybridized carbons (Fsp3) is 0.222. The number of fused-ring (bicyclic) bond motifs is 1. The number of hydrogen-bond donors (Lipinski definition) is 2. The van der Waals surface area contributed by atoms with Crippen LogP contribution in [0.15, 0.2) is 30.3 Å². The predicted molar refractivity (Wildman–Crippen MR) is 97.5 cm³/mol. The van der Waals surface area contributed by atoms with Crippen LogP contribution < -0.4 is 14.8 Å². The topological polar surface area (TPSA) is 84.9 Å². The summed E-state index contributed by atoms with van der Waals surface area (Å²) in [6.07, 6.45) is -0.512. The lowest BCUT2D eigenvalue weighted by molar-refractivity contribution is -0.133. The van der Waals surface area contributed by atoms with Crippen molar-refractivity contribution in [3.8, 4) is 11.5 Å². The SMILES string of the molecule is COc1cc(OC)cc(C(=O)CC2(O)C(=O)Nc3c(Cl)ccc(Cl)c32)c1. The van der Waals surface area contributed by atoms with Crippen LogP contribution in [0.1, 0.15) is 22.3 Å². The van der Waals surface area contributed by atoms with Gasteiger partial charge < -0.3 is 19.9 Å². The summed E-state index contributed by atoms with van der Waals surface area (Å²) < 4.78 is 10.3. The number of hydrogen-bond acceptors (Lipinski definition) is 5. The first-order valence-corrected chi connectivity index (χ1v) is 8.34. The molecule has 0 bridgehead atoms. The fourth-order valence-corrected chi connectivity index (χ4v) is 3.40. The molecule has 1 aliphatic rings. The van der Waals surface area contributed by atoms with E-state index in [4.69, 9.17) is 32.7 Å². The number of nitrogens with one attached hydrogen (secondary N) is 1. The number of anilines is 1. The number of halogens is 2. The van der Waals surface area contributed by atoms with Crippen LogP contribution in [0, 0.1) is 0 Å². The standard InChI is InChI=1S/C18H15Cl2NO5/c1-25-10-5-9(6-11(7-10)26-2)14(22)8-18(24)15-12(19)3-4-13(20)16(15)21-17(18)23/h3-7,24H,8H2,1-2H3,(H,21,23). The highest BCUT2D eigenvalue weighted by molar-refractivity contribution is 6.38. The second-order valence-corrected chi connectivity index (χ2v) is 6.61. The number of ketones is 1. The van der Waals surface area contributed by atoms with Crippen LogP contribution in [0.2, 0.25) is 10.0 Å². The highest BCUT2D eigenvalue weighted by Crippen LogP contribution is 2.46. The summed E-state index contributed by atoms with van der Waals surface area (Å²) >= 11 is 12.2. The number of amides is 1. The molecule has 26 heavy (non-hydrogen) atoms. The van der Waals surface area contributed by atoms with Crippen molar-refractivity contribution in [1.82, 2.24) is 0 Å². The molecule has 3 rings (SSSR count). The molecule has 0 saturated heterocycles. The molecule has 0 aromatic heterocycles. The van der Waals surface area contributed by atoms with Crippen LogP contribution in [0.5, 0.6) is 11.5 Å². The van der Waals surface area contributed by atoms with E-state index in [9.17, 15) is 14.7 Å². The van der Waals surface area contributed by atoms with Crippen LogP contribution in [0.3, 0.4) is 0 Å². The molecule has 1 aliphatic heterocycles. The number of ether oxygens (including phenoxy) is 2. The van der Waals surface area contributed by atoms with Crippen molar-refractivity contribution in [2.24, 2.45) is 0 Å². The molecular weight excluding hydrogens is 381 g/mol. The Morgan fingerprint density at radius 2 is 1.69 bits per heavy atom. The minimum atomic E-state index is -2.12. The van der Waals surface area contributed by atoms with E-state index in [0.29, 0.717) is 11.5 Å².